The molecular formula is C75H128O6. The zero-order chi connectivity index (χ0) is 58.5. The molecule has 0 spiro atoms. The van der Waals surface area contributed by atoms with Crippen LogP contribution in [-0.4, -0.2) is 37.2 Å². The Bertz CT molecular complexity index is 1620. The lowest BCUT2D eigenvalue weighted by Crippen LogP contribution is -2.30. The Balaban J connectivity index is 4.25. The van der Waals surface area contributed by atoms with Gasteiger partial charge in [-0.25, -0.2) is 0 Å². The molecule has 0 radical (unpaired) electrons. The van der Waals surface area contributed by atoms with Gasteiger partial charge >= 0.3 is 17.9 Å². The zero-order valence-electron chi connectivity index (χ0n) is 53.3. The number of hydrogen-bond donors (Lipinski definition) is 0. The molecule has 0 saturated heterocycles. The van der Waals surface area contributed by atoms with Crippen molar-refractivity contribution in [3.05, 3.63) is 109 Å². The third kappa shape index (κ3) is 66.8. The van der Waals surface area contributed by atoms with Crippen LogP contribution in [0.4, 0.5) is 0 Å². The first-order chi connectivity index (χ1) is 40.0. The van der Waals surface area contributed by atoms with E-state index in [0.717, 1.165) is 122 Å². The number of esters is 3. The third-order valence-electron chi connectivity index (χ3n) is 14.8. The van der Waals surface area contributed by atoms with E-state index in [4.69, 9.17) is 14.2 Å². The quantitative estimate of drug-likeness (QED) is 0.0261. The summed E-state index contributed by atoms with van der Waals surface area (Å²) in [4.78, 5) is 38.3. The normalized spacial score (nSPS) is 12.8. The minimum atomic E-state index is -0.784. The largest absolute Gasteiger partial charge is 0.462 e. The predicted octanol–water partition coefficient (Wildman–Crippen LogP) is 23.8. The molecule has 0 aromatic carbocycles. The van der Waals surface area contributed by atoms with Crippen molar-refractivity contribution < 1.29 is 28.6 Å². The van der Waals surface area contributed by atoms with Gasteiger partial charge in [-0.15, -0.1) is 0 Å². The highest BCUT2D eigenvalue weighted by atomic mass is 16.6. The standard InChI is InChI=1S/C75H128O6/c1-4-7-10-13-16-19-22-25-27-29-31-32-33-34-35-36-37-38-39-40-41-42-43-44-45-47-48-50-53-56-59-62-65-68-74(77)80-71-72(70-79-73(76)67-64-61-58-55-52-24-21-18-15-12-9-6-3)81-75(78)69-66-63-60-57-54-51-49-46-30-28-26-23-20-17-14-11-8-5-2/h7,10,16,18-19,21,25,27,31-32,34-35,37-38,40-41,43-44,72H,4-6,8-9,11-15,17,20,22-24,26,28-30,33,36,39,42,45-71H2,1-3H3/b10-7-,19-16-,21-18-,27-25-,32-31-,35-34-,38-37-,41-40-,44-43-. The fraction of sp³-hybridized carbons (Fsp3) is 0.720. The number of ether oxygens (including phenoxy) is 3. The Labute approximate surface area is 501 Å². The third-order valence-corrected chi connectivity index (χ3v) is 14.8. The molecule has 0 aliphatic rings. The maximum absolute atomic E-state index is 12.9. The first-order valence-electron chi connectivity index (χ1n) is 34.4. The highest BCUT2D eigenvalue weighted by Crippen LogP contribution is 2.17. The van der Waals surface area contributed by atoms with Crippen molar-refractivity contribution >= 4 is 17.9 Å². The minimum Gasteiger partial charge on any atom is -0.462 e. The number of carbonyl (C=O) groups is 3. The maximum atomic E-state index is 12.9. The number of allylic oxidation sites excluding steroid dienone is 18. The molecule has 0 rings (SSSR count). The summed E-state index contributed by atoms with van der Waals surface area (Å²) in [6.45, 7) is 6.52. The molecule has 6 nitrogen and oxygen atoms in total. The summed E-state index contributed by atoms with van der Waals surface area (Å²) in [6, 6.07) is 0. The molecule has 81 heavy (non-hydrogen) atoms. The molecule has 0 bridgehead atoms. The minimum absolute atomic E-state index is 0.0818. The molecular weight excluding hydrogens is 997 g/mol. The van der Waals surface area contributed by atoms with Crippen molar-refractivity contribution in [1.82, 2.24) is 0 Å². The van der Waals surface area contributed by atoms with E-state index in [0.29, 0.717) is 19.3 Å². The van der Waals surface area contributed by atoms with E-state index in [1.807, 2.05) is 0 Å². The van der Waals surface area contributed by atoms with E-state index < -0.39 is 6.10 Å². The molecule has 0 aliphatic heterocycles. The second kappa shape index (κ2) is 68.6. The van der Waals surface area contributed by atoms with E-state index in [1.54, 1.807) is 0 Å². The van der Waals surface area contributed by atoms with E-state index in [9.17, 15) is 14.4 Å². The molecule has 1 atom stereocenters. The van der Waals surface area contributed by atoms with E-state index in [2.05, 4.69) is 130 Å². The Morgan fingerprint density at radius 1 is 0.259 bits per heavy atom. The van der Waals surface area contributed by atoms with Gasteiger partial charge in [0.15, 0.2) is 6.10 Å². The van der Waals surface area contributed by atoms with Crippen LogP contribution in [0.25, 0.3) is 0 Å². The zero-order valence-corrected chi connectivity index (χ0v) is 53.3. The smallest absolute Gasteiger partial charge is 0.306 e. The molecule has 0 aliphatic carbocycles. The van der Waals surface area contributed by atoms with Gasteiger partial charge in [-0.2, -0.15) is 0 Å². The summed E-state index contributed by atoms with van der Waals surface area (Å²) in [5.41, 5.74) is 0. The average Bonchev–Trinajstić information content (AvgIpc) is 3.47. The van der Waals surface area contributed by atoms with Crippen LogP contribution in [0.15, 0.2) is 109 Å². The van der Waals surface area contributed by atoms with Gasteiger partial charge in [-0.1, -0.05) is 310 Å². The number of hydrogen-bond acceptors (Lipinski definition) is 6. The monoisotopic (exact) mass is 1120 g/mol. The summed E-state index contributed by atoms with van der Waals surface area (Å²) in [5, 5.41) is 0. The number of unbranched alkanes of at least 4 members (excludes halogenated alkanes) is 33. The Kier molecular flexibility index (Phi) is 65.2. The summed E-state index contributed by atoms with van der Waals surface area (Å²) in [6.07, 6.45) is 93.9. The van der Waals surface area contributed by atoms with Gasteiger partial charge in [0.2, 0.25) is 0 Å². The molecule has 0 N–H and O–H groups in total. The Hall–Kier alpha value is -3.93. The second-order valence-electron chi connectivity index (χ2n) is 22.7. The summed E-state index contributed by atoms with van der Waals surface area (Å²) >= 11 is 0. The molecule has 0 aromatic heterocycles. The van der Waals surface area contributed by atoms with Crippen LogP contribution in [0.2, 0.25) is 0 Å². The SMILES string of the molecule is CC/C=C\C/C=C\C/C=C\C/C=C\C/C=C\C/C=C\C/C=C\C/C=C\CCCCCCCCCCC(=O)OCC(COC(=O)CCCCCCC/C=C\CCCCC)OC(=O)CCCCCCCCCCCCCCCCCCCC. The summed E-state index contributed by atoms with van der Waals surface area (Å²) in [5.74, 6) is -0.885. The molecule has 6 heteroatoms. The van der Waals surface area contributed by atoms with Crippen molar-refractivity contribution in [2.24, 2.45) is 0 Å². The Morgan fingerprint density at radius 3 is 0.790 bits per heavy atom. The van der Waals surface area contributed by atoms with Gasteiger partial charge in [0, 0.05) is 19.3 Å². The van der Waals surface area contributed by atoms with Crippen molar-refractivity contribution in [3.8, 4) is 0 Å². The average molecular weight is 1130 g/mol. The van der Waals surface area contributed by atoms with Gasteiger partial charge in [0.1, 0.15) is 13.2 Å². The summed E-state index contributed by atoms with van der Waals surface area (Å²) < 4.78 is 16.9. The highest BCUT2D eigenvalue weighted by Gasteiger charge is 2.19. The van der Waals surface area contributed by atoms with Gasteiger partial charge < -0.3 is 14.2 Å². The van der Waals surface area contributed by atoms with E-state index >= 15 is 0 Å². The Morgan fingerprint density at radius 2 is 0.481 bits per heavy atom. The molecule has 0 heterocycles. The number of rotatable bonds is 62. The molecule has 0 aromatic rings. The van der Waals surface area contributed by atoms with E-state index in [1.165, 1.54) is 167 Å². The second-order valence-corrected chi connectivity index (χ2v) is 22.7. The predicted molar refractivity (Wildman–Crippen MR) is 353 cm³/mol. The van der Waals surface area contributed by atoms with Crippen LogP contribution >= 0.6 is 0 Å². The first-order valence-corrected chi connectivity index (χ1v) is 34.4. The lowest BCUT2D eigenvalue weighted by molar-refractivity contribution is -0.167. The molecule has 464 valence electrons. The lowest BCUT2D eigenvalue weighted by atomic mass is 10.0. The van der Waals surface area contributed by atoms with Crippen molar-refractivity contribution in [1.29, 1.82) is 0 Å². The van der Waals surface area contributed by atoms with Crippen LogP contribution < -0.4 is 0 Å². The lowest BCUT2D eigenvalue weighted by Gasteiger charge is -2.18. The summed E-state index contributed by atoms with van der Waals surface area (Å²) in [7, 11) is 0. The van der Waals surface area contributed by atoms with Crippen LogP contribution in [0, 0.1) is 0 Å². The topological polar surface area (TPSA) is 78.9 Å². The highest BCUT2D eigenvalue weighted by molar-refractivity contribution is 5.71. The van der Waals surface area contributed by atoms with Gasteiger partial charge in [0.05, 0.1) is 0 Å². The fourth-order valence-electron chi connectivity index (χ4n) is 9.63. The van der Waals surface area contributed by atoms with Gasteiger partial charge in [0.25, 0.3) is 0 Å². The van der Waals surface area contributed by atoms with Crippen LogP contribution in [-0.2, 0) is 28.6 Å². The molecule has 0 saturated carbocycles. The molecule has 0 fully saturated rings. The molecule has 1 unspecified atom stereocenters. The van der Waals surface area contributed by atoms with Gasteiger partial charge in [-0.3, -0.25) is 14.4 Å². The molecule has 0 amide bonds. The van der Waals surface area contributed by atoms with Gasteiger partial charge in [-0.05, 0) is 109 Å². The van der Waals surface area contributed by atoms with Crippen LogP contribution in [0.3, 0.4) is 0 Å². The van der Waals surface area contributed by atoms with Crippen molar-refractivity contribution in [2.75, 3.05) is 13.2 Å². The maximum Gasteiger partial charge on any atom is 0.306 e. The van der Waals surface area contributed by atoms with Crippen molar-refractivity contribution in [2.45, 2.75) is 335 Å². The van der Waals surface area contributed by atoms with E-state index in [-0.39, 0.29) is 31.1 Å². The number of carbonyl (C=O) groups excluding carboxylic acids is 3. The van der Waals surface area contributed by atoms with Crippen LogP contribution in [0.1, 0.15) is 329 Å². The van der Waals surface area contributed by atoms with Crippen LogP contribution in [0.5, 0.6) is 0 Å². The first kappa shape index (κ1) is 77.1. The fourth-order valence-corrected chi connectivity index (χ4v) is 9.63. The van der Waals surface area contributed by atoms with Crippen molar-refractivity contribution in [3.63, 3.8) is 0 Å².